The third-order valence-corrected chi connectivity index (χ3v) is 15.3. The van der Waals surface area contributed by atoms with Gasteiger partial charge in [-0.3, -0.25) is 14.5 Å². The number of amides is 2. The number of piperazine rings is 2. The van der Waals surface area contributed by atoms with Gasteiger partial charge >= 0.3 is 12.1 Å². The lowest BCUT2D eigenvalue weighted by Gasteiger charge is -2.46. The molecule has 2 fully saturated rings. The van der Waals surface area contributed by atoms with E-state index in [1.807, 2.05) is 42.0 Å². The van der Waals surface area contributed by atoms with Crippen LogP contribution in [-0.4, -0.2) is 101 Å². The minimum atomic E-state index is -5.08. The Balaban J connectivity index is 0.00000110. The number of carboxylic acid groups (broad SMARTS) is 1. The summed E-state index contributed by atoms with van der Waals surface area (Å²) in [5, 5.41) is 53.7. The Hall–Kier alpha value is -7.60. The van der Waals surface area contributed by atoms with Gasteiger partial charge in [0.05, 0.1) is 22.3 Å². The fraction of sp³-hybridized carbons (Fsp3) is 0.327. The van der Waals surface area contributed by atoms with Gasteiger partial charge in [0.1, 0.15) is 46.0 Å². The molecule has 22 heteroatoms. The summed E-state index contributed by atoms with van der Waals surface area (Å²) < 4.78 is 27.3. The second kappa shape index (κ2) is 22.9. The van der Waals surface area contributed by atoms with Crippen LogP contribution < -0.4 is 26.6 Å². The Morgan fingerprint density at radius 1 is 0.662 bits per heavy atom. The highest BCUT2D eigenvalue weighted by molar-refractivity contribution is 8.05. The minimum Gasteiger partial charge on any atom is -0.475 e. The number of carbonyl (C=O) groups excluding carboxylic acids is 2. The van der Waals surface area contributed by atoms with Gasteiger partial charge in [0.2, 0.25) is 11.8 Å². The average molecular weight is 1000 g/mol. The third-order valence-electron chi connectivity index (χ3n) is 12.1. The topological polar surface area (TPSA) is 282 Å². The summed E-state index contributed by atoms with van der Waals surface area (Å²) in [5.74, 6) is -4.05. The summed E-state index contributed by atoms with van der Waals surface area (Å²) in [7, 11) is 0. The molecule has 7 rings (SSSR count). The number of nitrogens with zero attached hydrogens (tertiary/aromatic N) is 9. The molecule has 7 N–H and O–H groups in total. The van der Waals surface area contributed by atoms with Gasteiger partial charge in [0, 0.05) is 70.8 Å². The lowest BCUT2D eigenvalue weighted by molar-refractivity contribution is -0.192. The van der Waals surface area contributed by atoms with Gasteiger partial charge in [0.15, 0.2) is 9.49 Å². The number of nitrogens with two attached hydrogens (primary N) is 2. The second-order valence-electron chi connectivity index (χ2n) is 16.1. The molecule has 2 aliphatic heterocycles. The number of aromatic amines is 1. The molecule has 2 saturated heterocycles. The van der Waals surface area contributed by atoms with E-state index < -0.39 is 33.5 Å². The van der Waals surface area contributed by atoms with Crippen LogP contribution in [0, 0.1) is 45.3 Å². The number of anilines is 2. The molecule has 0 aliphatic carbocycles. The Kier molecular flexibility index (Phi) is 17.0. The van der Waals surface area contributed by atoms with E-state index in [1.54, 1.807) is 60.7 Å². The van der Waals surface area contributed by atoms with Gasteiger partial charge in [0.25, 0.3) is 0 Å². The number of carboxylic acids is 1. The van der Waals surface area contributed by atoms with Gasteiger partial charge in [-0.15, -0.1) is 0 Å². The summed E-state index contributed by atoms with van der Waals surface area (Å²) in [5.41, 5.74) is 16.6. The molecule has 2 unspecified atom stereocenters. The van der Waals surface area contributed by atoms with Crippen LogP contribution >= 0.6 is 23.5 Å². The van der Waals surface area contributed by atoms with E-state index in [1.165, 1.54) is 0 Å². The van der Waals surface area contributed by atoms with Gasteiger partial charge in [-0.1, -0.05) is 98.0 Å². The van der Waals surface area contributed by atoms with E-state index in [9.17, 15) is 34.2 Å². The number of hydrogen-bond acceptors (Lipinski definition) is 15. The normalized spacial score (nSPS) is 15.6. The van der Waals surface area contributed by atoms with Crippen LogP contribution in [0.1, 0.15) is 64.0 Å². The van der Waals surface area contributed by atoms with Crippen LogP contribution in [0.15, 0.2) is 89.0 Å². The molecule has 0 spiro atoms. The third kappa shape index (κ3) is 10.6. The van der Waals surface area contributed by atoms with Crippen LogP contribution in [0.25, 0.3) is 0 Å². The first-order valence-electron chi connectivity index (χ1n) is 22.2. The first-order chi connectivity index (χ1) is 34.1. The number of primary amides is 2. The number of thioether (sulfide) groups is 2. The van der Waals surface area contributed by atoms with Crippen molar-refractivity contribution in [2.24, 2.45) is 11.5 Å². The molecule has 366 valence electrons. The zero-order valence-electron chi connectivity index (χ0n) is 38.6. The summed E-state index contributed by atoms with van der Waals surface area (Å²) in [4.78, 5) is 58.8. The Labute approximate surface area is 416 Å². The number of rotatable bonds is 15. The molecule has 17 nitrogen and oxygen atoms in total. The van der Waals surface area contributed by atoms with E-state index >= 15 is 9.59 Å². The lowest BCUT2D eigenvalue weighted by Crippen LogP contribution is -2.59. The number of halogens is 3. The number of aromatic nitrogens is 3. The molecule has 0 saturated carbocycles. The fourth-order valence-corrected chi connectivity index (χ4v) is 11.8. The fourth-order valence-electron chi connectivity index (χ4n) is 8.71. The Morgan fingerprint density at radius 2 is 1.07 bits per heavy atom. The number of hydrogen-bond donors (Lipinski definition) is 5. The van der Waals surface area contributed by atoms with Crippen molar-refractivity contribution in [3.05, 3.63) is 129 Å². The molecule has 2 amide bonds. The predicted molar refractivity (Wildman–Crippen MR) is 259 cm³/mol. The number of H-pyrrole nitrogens is 1. The molecule has 2 aliphatic rings. The van der Waals surface area contributed by atoms with Crippen molar-refractivity contribution in [3.63, 3.8) is 0 Å². The van der Waals surface area contributed by atoms with Gasteiger partial charge in [-0.25, -0.2) is 14.8 Å². The van der Waals surface area contributed by atoms with Gasteiger partial charge in [-0.2, -0.15) is 34.2 Å². The van der Waals surface area contributed by atoms with Crippen LogP contribution in [0.4, 0.5) is 24.8 Å². The molecule has 0 bridgehead atoms. The smallest absolute Gasteiger partial charge is 0.475 e. The number of pyridine rings is 2. The predicted octanol–water partition coefficient (Wildman–Crippen LogP) is 5.43. The maximum atomic E-state index is 15.1. The summed E-state index contributed by atoms with van der Waals surface area (Å²) in [6.45, 7) is 9.06. The first-order valence-corrected chi connectivity index (χ1v) is 23.9. The summed E-state index contributed by atoms with van der Waals surface area (Å²) in [6.07, 6.45) is -2.63. The number of nitriles is 4. The second-order valence-corrected chi connectivity index (χ2v) is 18.5. The SMILES string of the molecule is CCc1c(C#N)c(SC(C(N)=O)(c2ccccc2)C(Sc2nc(N3CCN(Cc4ccc[nH]4)CC3)c(C#N)c(CC)c2C#N)(C(N)=O)c2ccccc2)nc(N2CCNCC2)c1C#N.O=C(O)C(F)(F)F. The number of alkyl halides is 3. The number of benzene rings is 2. The van der Waals surface area contributed by atoms with Crippen molar-refractivity contribution in [1.29, 1.82) is 21.0 Å². The van der Waals surface area contributed by atoms with Crippen molar-refractivity contribution in [1.82, 2.24) is 25.2 Å². The monoisotopic (exact) mass is 1000 g/mol. The molecular weight excluding hydrogens is 956 g/mol. The minimum absolute atomic E-state index is 0.0552. The number of aliphatic carboxylic acids is 1. The Morgan fingerprint density at radius 3 is 1.41 bits per heavy atom. The Bertz CT molecular complexity index is 2920. The van der Waals surface area contributed by atoms with E-state index in [4.69, 9.17) is 31.3 Å². The van der Waals surface area contributed by atoms with Crippen molar-refractivity contribution < 1.29 is 32.7 Å². The van der Waals surface area contributed by atoms with E-state index in [-0.39, 0.29) is 56.3 Å². The van der Waals surface area contributed by atoms with Crippen LogP contribution in [0.3, 0.4) is 0 Å². The van der Waals surface area contributed by atoms with Crippen LogP contribution in [-0.2, 0) is 43.3 Å². The van der Waals surface area contributed by atoms with Gasteiger partial charge in [-0.05, 0) is 47.2 Å². The summed E-state index contributed by atoms with van der Waals surface area (Å²) in [6, 6.07) is 30.2. The molecule has 5 heterocycles. The van der Waals surface area contributed by atoms with Crippen molar-refractivity contribution in [2.75, 3.05) is 62.2 Å². The molecular formula is C49H48F3N13O4S2. The highest BCUT2D eigenvalue weighted by Crippen LogP contribution is 2.62. The van der Waals surface area contributed by atoms with E-state index in [0.717, 1.165) is 35.8 Å². The van der Waals surface area contributed by atoms with Crippen LogP contribution in [0.5, 0.6) is 0 Å². The molecule has 5 aromatic rings. The lowest BCUT2D eigenvalue weighted by atomic mass is 9.78. The first kappa shape index (κ1) is 52.8. The van der Waals surface area contributed by atoms with Crippen molar-refractivity contribution >= 4 is 52.9 Å². The quantitative estimate of drug-likeness (QED) is 0.0818. The zero-order valence-corrected chi connectivity index (χ0v) is 40.2. The largest absolute Gasteiger partial charge is 0.490 e. The summed E-state index contributed by atoms with van der Waals surface area (Å²) >= 11 is 1.66. The van der Waals surface area contributed by atoms with E-state index in [2.05, 4.69) is 39.5 Å². The molecule has 2 atom stereocenters. The van der Waals surface area contributed by atoms with Crippen molar-refractivity contribution in [3.8, 4) is 24.3 Å². The average Bonchev–Trinajstić information content (AvgIpc) is 3.90. The number of nitrogens with one attached hydrogen (secondary N) is 2. The molecule has 2 aromatic carbocycles. The van der Waals surface area contributed by atoms with Crippen molar-refractivity contribution in [2.45, 2.75) is 59.0 Å². The molecule has 0 radical (unpaired) electrons. The zero-order chi connectivity index (χ0) is 51.5. The molecule has 71 heavy (non-hydrogen) atoms. The highest BCUT2D eigenvalue weighted by atomic mass is 32.2. The number of carbonyl (C=O) groups is 3. The standard InChI is InChI=1S/C47H47N13O2S2.C2HF3O2/c1-3-34-36(26-48)40(59-20-18-54-19-21-59)56-42(38(34)28-50)63-46(44(52)61,31-12-7-5-8-13-31)47(45(53)62,32-14-9-6-10-15-32)64-43-39(29-51)35(4-2)37(27-49)41(57-43)60-24-22-58(23-25-60)30-33-16-11-17-55-33;3-2(4,5)1(6)7/h5-17,54-55H,3-4,18-25,30H2,1-2H3,(H2,52,61)(H2,53,62);(H,6,7). The highest BCUT2D eigenvalue weighted by Gasteiger charge is 2.64. The maximum absolute atomic E-state index is 15.1. The van der Waals surface area contributed by atoms with E-state index in [0.29, 0.717) is 75.1 Å². The molecule has 3 aromatic heterocycles. The maximum Gasteiger partial charge on any atom is 0.490 e. The van der Waals surface area contributed by atoms with Crippen LogP contribution in [0.2, 0.25) is 0 Å². The van der Waals surface area contributed by atoms with Gasteiger partial charge < -0.3 is 36.7 Å².